The summed E-state index contributed by atoms with van der Waals surface area (Å²) in [5.74, 6) is -0.324. The highest BCUT2D eigenvalue weighted by molar-refractivity contribution is 5.99. The van der Waals surface area contributed by atoms with E-state index in [0.29, 0.717) is 26.1 Å². The van der Waals surface area contributed by atoms with Crippen LogP contribution in [0.2, 0.25) is 0 Å². The zero-order chi connectivity index (χ0) is 14.5. The molecule has 1 unspecified atom stereocenters. The number of benzene rings is 1. The minimum absolute atomic E-state index is 0.0341. The molecule has 20 heavy (non-hydrogen) atoms. The molecule has 0 saturated carbocycles. The maximum absolute atomic E-state index is 11.8. The third-order valence-corrected chi connectivity index (χ3v) is 3.58. The van der Waals surface area contributed by atoms with Crippen molar-refractivity contribution in [2.75, 3.05) is 27.3 Å². The number of ketones is 1. The number of methoxy groups -OCH3 is 2. The highest BCUT2D eigenvalue weighted by atomic mass is 16.5. The lowest BCUT2D eigenvalue weighted by Crippen LogP contribution is -2.44. The lowest BCUT2D eigenvalue weighted by molar-refractivity contribution is -0.152. The van der Waals surface area contributed by atoms with Crippen molar-refractivity contribution in [3.63, 3.8) is 0 Å². The molecule has 1 heterocycles. The second kappa shape index (κ2) is 6.52. The van der Waals surface area contributed by atoms with E-state index < -0.39 is 11.9 Å². The SMILES string of the molecule is COC(=O)C1CN(Cc2ccccc2OC)CCC1=O. The second-order valence-corrected chi connectivity index (χ2v) is 4.84. The van der Waals surface area contributed by atoms with E-state index in [9.17, 15) is 9.59 Å². The van der Waals surface area contributed by atoms with E-state index in [0.717, 1.165) is 11.3 Å². The van der Waals surface area contributed by atoms with Crippen molar-refractivity contribution in [2.45, 2.75) is 13.0 Å². The Balaban J connectivity index is 2.06. The average molecular weight is 277 g/mol. The van der Waals surface area contributed by atoms with Gasteiger partial charge < -0.3 is 9.47 Å². The number of piperidine rings is 1. The van der Waals surface area contributed by atoms with Crippen LogP contribution in [0.25, 0.3) is 0 Å². The Bertz CT molecular complexity index is 492. The average Bonchev–Trinajstić information content (AvgIpc) is 2.49. The molecule has 1 fully saturated rings. The fourth-order valence-electron chi connectivity index (χ4n) is 2.46. The highest BCUT2D eigenvalue weighted by Gasteiger charge is 2.33. The van der Waals surface area contributed by atoms with Crippen molar-refractivity contribution in [2.24, 2.45) is 5.92 Å². The maximum atomic E-state index is 11.8. The van der Waals surface area contributed by atoms with Crippen LogP contribution >= 0.6 is 0 Å². The molecule has 1 atom stereocenters. The Hall–Kier alpha value is -1.88. The third kappa shape index (κ3) is 3.17. The van der Waals surface area contributed by atoms with Crippen LogP contribution in [-0.2, 0) is 20.9 Å². The monoisotopic (exact) mass is 277 g/mol. The van der Waals surface area contributed by atoms with Crippen molar-refractivity contribution in [3.8, 4) is 5.75 Å². The summed E-state index contributed by atoms with van der Waals surface area (Å²) in [5.41, 5.74) is 1.05. The molecule has 0 radical (unpaired) electrons. The predicted octanol–water partition coefficient (Wildman–Crippen LogP) is 1.26. The molecule has 1 aliphatic rings. The summed E-state index contributed by atoms with van der Waals surface area (Å²) in [6, 6.07) is 7.76. The van der Waals surface area contributed by atoms with Crippen LogP contribution in [0.1, 0.15) is 12.0 Å². The quantitative estimate of drug-likeness (QED) is 0.612. The Morgan fingerprint density at radius 1 is 1.35 bits per heavy atom. The third-order valence-electron chi connectivity index (χ3n) is 3.58. The molecule has 1 aromatic rings. The van der Waals surface area contributed by atoms with Gasteiger partial charge in [-0.2, -0.15) is 0 Å². The number of Topliss-reactive ketones (excluding diaryl/α,β-unsaturated/α-hetero) is 1. The number of likely N-dealkylation sites (tertiary alicyclic amines) is 1. The summed E-state index contributed by atoms with van der Waals surface area (Å²) in [4.78, 5) is 25.5. The van der Waals surface area contributed by atoms with Crippen molar-refractivity contribution >= 4 is 11.8 Å². The summed E-state index contributed by atoms with van der Waals surface area (Å²) >= 11 is 0. The van der Waals surface area contributed by atoms with Crippen molar-refractivity contribution < 1.29 is 19.1 Å². The van der Waals surface area contributed by atoms with Crippen LogP contribution in [-0.4, -0.2) is 44.0 Å². The smallest absolute Gasteiger partial charge is 0.317 e. The molecule has 0 aromatic heterocycles. The molecule has 1 aromatic carbocycles. The number of ether oxygens (including phenoxy) is 2. The van der Waals surface area contributed by atoms with Gasteiger partial charge in [-0.1, -0.05) is 18.2 Å². The van der Waals surface area contributed by atoms with Crippen LogP contribution in [0.4, 0.5) is 0 Å². The fraction of sp³-hybridized carbons (Fsp3) is 0.467. The van der Waals surface area contributed by atoms with Gasteiger partial charge in [0.1, 0.15) is 17.5 Å². The molecule has 0 aliphatic carbocycles. The molecule has 2 rings (SSSR count). The number of hydrogen-bond acceptors (Lipinski definition) is 5. The largest absolute Gasteiger partial charge is 0.496 e. The molecule has 0 spiro atoms. The van der Waals surface area contributed by atoms with Crippen molar-refractivity contribution in [3.05, 3.63) is 29.8 Å². The molecule has 1 aliphatic heterocycles. The first kappa shape index (κ1) is 14.5. The lowest BCUT2D eigenvalue weighted by atomic mass is 9.96. The number of hydrogen-bond donors (Lipinski definition) is 0. The van der Waals surface area contributed by atoms with Gasteiger partial charge in [-0.05, 0) is 6.07 Å². The van der Waals surface area contributed by atoms with E-state index in [-0.39, 0.29) is 5.78 Å². The standard InChI is InChI=1S/C15H19NO4/c1-19-14-6-4-3-5-11(14)9-16-8-7-13(17)12(10-16)15(18)20-2/h3-6,12H,7-10H2,1-2H3. The minimum atomic E-state index is -0.663. The van der Waals surface area contributed by atoms with Gasteiger partial charge in [-0.25, -0.2) is 0 Å². The normalized spacial score (nSPS) is 19.7. The predicted molar refractivity (Wildman–Crippen MR) is 73.4 cm³/mol. The number of para-hydroxylation sites is 1. The molecule has 5 heteroatoms. The van der Waals surface area contributed by atoms with E-state index in [1.165, 1.54) is 7.11 Å². The lowest BCUT2D eigenvalue weighted by Gasteiger charge is -2.30. The summed E-state index contributed by atoms with van der Waals surface area (Å²) in [5, 5.41) is 0. The van der Waals surface area contributed by atoms with Crippen molar-refractivity contribution in [1.82, 2.24) is 4.90 Å². The first-order valence-electron chi connectivity index (χ1n) is 6.60. The molecular weight excluding hydrogens is 258 g/mol. The van der Waals surface area contributed by atoms with Crippen LogP contribution in [0.3, 0.4) is 0 Å². The number of esters is 1. The van der Waals surface area contributed by atoms with E-state index in [1.54, 1.807) is 7.11 Å². The zero-order valence-electron chi connectivity index (χ0n) is 11.8. The first-order chi connectivity index (χ1) is 9.65. The van der Waals surface area contributed by atoms with E-state index in [1.807, 2.05) is 24.3 Å². The molecule has 1 saturated heterocycles. The highest BCUT2D eigenvalue weighted by Crippen LogP contribution is 2.22. The molecule has 0 amide bonds. The maximum Gasteiger partial charge on any atom is 0.317 e. The molecular formula is C15H19NO4. The van der Waals surface area contributed by atoms with Crippen molar-refractivity contribution in [1.29, 1.82) is 0 Å². The van der Waals surface area contributed by atoms with Gasteiger partial charge in [0.05, 0.1) is 14.2 Å². The zero-order valence-corrected chi connectivity index (χ0v) is 11.8. The molecule has 108 valence electrons. The summed E-state index contributed by atoms with van der Waals surface area (Å²) < 4.78 is 10.0. The Kier molecular flexibility index (Phi) is 4.74. The van der Waals surface area contributed by atoms with Crippen LogP contribution in [0.15, 0.2) is 24.3 Å². The Morgan fingerprint density at radius 3 is 2.80 bits per heavy atom. The summed E-state index contributed by atoms with van der Waals surface area (Å²) in [7, 11) is 2.95. The van der Waals surface area contributed by atoms with Crippen LogP contribution in [0.5, 0.6) is 5.75 Å². The van der Waals surface area contributed by atoms with E-state index in [2.05, 4.69) is 4.90 Å². The first-order valence-corrected chi connectivity index (χ1v) is 6.60. The van der Waals surface area contributed by atoms with Crippen LogP contribution < -0.4 is 4.74 Å². The fourth-order valence-corrected chi connectivity index (χ4v) is 2.46. The summed E-state index contributed by atoms with van der Waals surface area (Å²) in [6.45, 7) is 1.72. The number of carbonyl (C=O) groups excluding carboxylic acids is 2. The molecule has 0 bridgehead atoms. The van der Waals surface area contributed by atoms with Gasteiger partial charge in [0.25, 0.3) is 0 Å². The van der Waals surface area contributed by atoms with Gasteiger partial charge in [-0.3, -0.25) is 14.5 Å². The number of nitrogens with zero attached hydrogens (tertiary/aromatic N) is 1. The minimum Gasteiger partial charge on any atom is -0.496 e. The van der Waals surface area contributed by atoms with Gasteiger partial charge in [-0.15, -0.1) is 0 Å². The number of rotatable bonds is 4. The topological polar surface area (TPSA) is 55.8 Å². The van der Waals surface area contributed by atoms with Gasteiger partial charge in [0, 0.05) is 31.6 Å². The van der Waals surface area contributed by atoms with Gasteiger partial charge >= 0.3 is 5.97 Å². The van der Waals surface area contributed by atoms with Crippen LogP contribution in [0, 0.1) is 5.92 Å². The van der Waals surface area contributed by atoms with Gasteiger partial charge in [0.2, 0.25) is 0 Å². The molecule has 0 N–H and O–H groups in total. The number of carbonyl (C=O) groups is 2. The van der Waals surface area contributed by atoms with Gasteiger partial charge in [0.15, 0.2) is 0 Å². The van der Waals surface area contributed by atoms with E-state index in [4.69, 9.17) is 9.47 Å². The Labute approximate surface area is 118 Å². The van der Waals surface area contributed by atoms with E-state index >= 15 is 0 Å². The summed E-state index contributed by atoms with van der Waals surface area (Å²) in [6.07, 6.45) is 0.384. The molecule has 5 nitrogen and oxygen atoms in total. The second-order valence-electron chi connectivity index (χ2n) is 4.84. The Morgan fingerprint density at radius 2 is 2.10 bits per heavy atom.